The highest BCUT2D eigenvalue weighted by atomic mass is 16.3. The van der Waals surface area contributed by atoms with E-state index in [0.29, 0.717) is 12.8 Å². The molecule has 47 heavy (non-hydrogen) atoms. The lowest BCUT2D eigenvalue weighted by Gasteiger charge is -2.27. The maximum atomic E-state index is 12.4. The number of nitrogens with one attached hydrogen (secondary N) is 1. The fourth-order valence-corrected chi connectivity index (χ4v) is 6.10. The molecule has 0 radical (unpaired) electrons. The van der Waals surface area contributed by atoms with Crippen molar-refractivity contribution in [3.63, 3.8) is 0 Å². The molecule has 6 nitrogen and oxygen atoms in total. The molecular weight excluding hydrogens is 586 g/mol. The summed E-state index contributed by atoms with van der Waals surface area (Å²) in [5.74, 6) is -0.600. The van der Waals surface area contributed by atoms with Crippen LogP contribution >= 0.6 is 0 Å². The second kappa shape index (κ2) is 36.1. The standard InChI is InChI=1S/C41H79NO5/c1-3-5-7-9-11-13-15-17-19-20-21-23-24-26-28-30-32-34-38(44)40(46)37(36-43)42-41(47)39(45)35-33-31-29-27-25-22-18-16-14-12-10-8-6-4-2/h14,16,26,28,37-40,43-46H,3-13,15,17-25,27,29-36H2,1-2H3,(H,42,47)/b16-14-,28-26+. The van der Waals surface area contributed by atoms with Crippen LogP contribution < -0.4 is 5.32 Å². The van der Waals surface area contributed by atoms with E-state index in [4.69, 9.17) is 0 Å². The zero-order valence-electron chi connectivity index (χ0n) is 31.0. The molecule has 0 aliphatic carbocycles. The van der Waals surface area contributed by atoms with Gasteiger partial charge in [0.25, 0.3) is 0 Å². The number of allylic oxidation sites excluding steroid dienone is 4. The van der Waals surface area contributed by atoms with E-state index in [0.717, 1.165) is 44.9 Å². The summed E-state index contributed by atoms with van der Waals surface area (Å²) in [5.41, 5.74) is 0. The van der Waals surface area contributed by atoms with Crippen LogP contribution in [0.3, 0.4) is 0 Å². The van der Waals surface area contributed by atoms with Gasteiger partial charge in [0.15, 0.2) is 0 Å². The van der Waals surface area contributed by atoms with Crippen molar-refractivity contribution in [1.82, 2.24) is 5.32 Å². The van der Waals surface area contributed by atoms with Gasteiger partial charge in [0.1, 0.15) is 12.2 Å². The predicted octanol–water partition coefficient (Wildman–Crippen LogP) is 10.0. The van der Waals surface area contributed by atoms with E-state index in [1.807, 2.05) is 0 Å². The largest absolute Gasteiger partial charge is 0.394 e. The molecule has 0 aromatic rings. The van der Waals surface area contributed by atoms with Gasteiger partial charge in [0.05, 0.1) is 18.8 Å². The lowest BCUT2D eigenvalue weighted by molar-refractivity contribution is -0.132. The Labute approximate surface area is 291 Å². The van der Waals surface area contributed by atoms with Crippen LogP contribution in [-0.2, 0) is 4.79 Å². The highest BCUT2D eigenvalue weighted by Crippen LogP contribution is 2.15. The lowest BCUT2D eigenvalue weighted by Crippen LogP contribution is -2.53. The molecule has 0 spiro atoms. The average molecular weight is 666 g/mol. The summed E-state index contributed by atoms with van der Waals surface area (Å²) >= 11 is 0. The second-order valence-corrected chi connectivity index (χ2v) is 14.0. The fraction of sp³-hybridized carbons (Fsp3) is 0.878. The number of carbonyl (C=O) groups is 1. The molecule has 0 rings (SSSR count). The van der Waals surface area contributed by atoms with Crippen LogP contribution in [-0.4, -0.2) is 57.3 Å². The van der Waals surface area contributed by atoms with Gasteiger partial charge in [-0.05, 0) is 64.2 Å². The summed E-state index contributed by atoms with van der Waals surface area (Å²) in [4.78, 5) is 12.4. The fourth-order valence-electron chi connectivity index (χ4n) is 6.10. The summed E-state index contributed by atoms with van der Waals surface area (Å²) < 4.78 is 0. The van der Waals surface area contributed by atoms with Crippen molar-refractivity contribution in [3.05, 3.63) is 24.3 Å². The minimum atomic E-state index is -1.28. The van der Waals surface area contributed by atoms with Crippen molar-refractivity contribution in [2.45, 2.75) is 224 Å². The van der Waals surface area contributed by atoms with E-state index in [9.17, 15) is 25.2 Å². The van der Waals surface area contributed by atoms with Gasteiger partial charge in [-0.2, -0.15) is 0 Å². The van der Waals surface area contributed by atoms with Crippen LogP contribution in [0.4, 0.5) is 0 Å². The first-order chi connectivity index (χ1) is 23.0. The van der Waals surface area contributed by atoms with Gasteiger partial charge in [0.2, 0.25) is 5.91 Å². The van der Waals surface area contributed by atoms with E-state index < -0.39 is 36.9 Å². The molecule has 0 aliphatic heterocycles. The van der Waals surface area contributed by atoms with Crippen LogP contribution in [0.5, 0.6) is 0 Å². The number of aliphatic hydroxyl groups excluding tert-OH is 4. The molecule has 5 N–H and O–H groups in total. The molecule has 0 saturated carbocycles. The van der Waals surface area contributed by atoms with Crippen molar-refractivity contribution in [2.75, 3.05) is 6.61 Å². The first-order valence-corrected chi connectivity index (χ1v) is 20.2. The number of hydrogen-bond donors (Lipinski definition) is 5. The Morgan fingerprint density at radius 1 is 0.511 bits per heavy atom. The number of carbonyl (C=O) groups excluding carboxylic acids is 1. The number of aliphatic hydroxyl groups is 4. The molecule has 4 unspecified atom stereocenters. The zero-order valence-corrected chi connectivity index (χ0v) is 31.0. The van der Waals surface area contributed by atoms with Gasteiger partial charge in [-0.3, -0.25) is 4.79 Å². The number of unbranched alkanes of at least 4 members (excludes halogenated alkanes) is 23. The molecule has 0 aromatic heterocycles. The van der Waals surface area contributed by atoms with Crippen LogP contribution in [0.15, 0.2) is 24.3 Å². The molecule has 6 heteroatoms. The minimum absolute atomic E-state index is 0.356. The van der Waals surface area contributed by atoms with E-state index in [-0.39, 0.29) is 0 Å². The number of rotatable bonds is 36. The molecule has 0 saturated heterocycles. The normalized spacial score (nSPS) is 14.6. The van der Waals surface area contributed by atoms with Crippen LogP contribution in [0.2, 0.25) is 0 Å². The Morgan fingerprint density at radius 3 is 1.30 bits per heavy atom. The van der Waals surface area contributed by atoms with Crippen LogP contribution in [0, 0.1) is 0 Å². The van der Waals surface area contributed by atoms with Crippen molar-refractivity contribution in [1.29, 1.82) is 0 Å². The number of amides is 1. The Bertz CT molecular complexity index is 712. The third kappa shape index (κ3) is 30.6. The average Bonchev–Trinajstić information content (AvgIpc) is 3.07. The molecule has 4 atom stereocenters. The quantitative estimate of drug-likeness (QED) is 0.0338. The van der Waals surface area contributed by atoms with Gasteiger partial charge in [0, 0.05) is 0 Å². The smallest absolute Gasteiger partial charge is 0.249 e. The molecule has 0 bridgehead atoms. The summed E-state index contributed by atoms with van der Waals surface area (Å²) in [6.45, 7) is 4.01. The van der Waals surface area contributed by atoms with Gasteiger partial charge in [-0.1, -0.05) is 160 Å². The van der Waals surface area contributed by atoms with Crippen LogP contribution in [0.25, 0.3) is 0 Å². The van der Waals surface area contributed by atoms with Crippen molar-refractivity contribution >= 4 is 5.91 Å². The van der Waals surface area contributed by atoms with Gasteiger partial charge in [-0.25, -0.2) is 0 Å². The van der Waals surface area contributed by atoms with Crippen molar-refractivity contribution < 1.29 is 25.2 Å². The zero-order chi connectivity index (χ0) is 34.6. The highest BCUT2D eigenvalue weighted by molar-refractivity contribution is 5.80. The van der Waals surface area contributed by atoms with E-state index >= 15 is 0 Å². The Morgan fingerprint density at radius 2 is 0.872 bits per heavy atom. The predicted molar refractivity (Wildman–Crippen MR) is 201 cm³/mol. The monoisotopic (exact) mass is 666 g/mol. The molecule has 0 fully saturated rings. The molecule has 0 aliphatic rings. The van der Waals surface area contributed by atoms with Crippen molar-refractivity contribution in [3.8, 4) is 0 Å². The Hall–Kier alpha value is -1.21. The maximum Gasteiger partial charge on any atom is 0.249 e. The first kappa shape index (κ1) is 45.8. The molecule has 0 heterocycles. The molecule has 1 amide bonds. The summed E-state index contributed by atoms with van der Waals surface area (Å²) in [6.07, 6.45) is 39.1. The summed E-state index contributed by atoms with van der Waals surface area (Å²) in [7, 11) is 0. The second-order valence-electron chi connectivity index (χ2n) is 14.0. The van der Waals surface area contributed by atoms with Gasteiger partial charge in [-0.15, -0.1) is 0 Å². The molecule has 278 valence electrons. The van der Waals surface area contributed by atoms with E-state index in [1.165, 1.54) is 128 Å². The van der Waals surface area contributed by atoms with Gasteiger partial charge >= 0.3 is 0 Å². The minimum Gasteiger partial charge on any atom is -0.394 e. The van der Waals surface area contributed by atoms with Crippen LogP contribution in [0.1, 0.15) is 200 Å². The SMILES string of the molecule is CCCCCC/C=C\CCCCCCCCC(O)C(=O)NC(CO)C(O)C(O)CCC/C=C/CCCCCCCCCCCCCC. The van der Waals surface area contributed by atoms with E-state index in [1.54, 1.807) is 0 Å². The topological polar surface area (TPSA) is 110 Å². The van der Waals surface area contributed by atoms with Gasteiger partial charge < -0.3 is 25.7 Å². The third-order valence-electron chi connectivity index (χ3n) is 9.38. The first-order valence-electron chi connectivity index (χ1n) is 20.2. The molecular formula is C41H79NO5. The maximum absolute atomic E-state index is 12.4. The lowest BCUT2D eigenvalue weighted by atomic mass is 10.00. The number of hydrogen-bond acceptors (Lipinski definition) is 5. The Kier molecular flexibility index (Phi) is 35.2. The van der Waals surface area contributed by atoms with E-state index in [2.05, 4.69) is 43.5 Å². The molecule has 0 aromatic carbocycles. The highest BCUT2D eigenvalue weighted by Gasteiger charge is 2.28. The van der Waals surface area contributed by atoms with Crippen molar-refractivity contribution in [2.24, 2.45) is 0 Å². The third-order valence-corrected chi connectivity index (χ3v) is 9.38. The summed E-state index contributed by atoms with van der Waals surface area (Å²) in [6, 6.07) is -1.00. The Balaban J connectivity index is 3.83. The summed E-state index contributed by atoms with van der Waals surface area (Å²) in [5, 5.41) is 43.5.